The Morgan fingerprint density at radius 3 is 2.52 bits per heavy atom. The molecule has 0 unspecified atom stereocenters. The van der Waals surface area contributed by atoms with Gasteiger partial charge in [0.2, 0.25) is 0 Å². The van der Waals surface area contributed by atoms with Crippen molar-refractivity contribution in [1.82, 2.24) is 4.90 Å². The summed E-state index contributed by atoms with van der Waals surface area (Å²) in [7, 11) is 0. The van der Waals surface area contributed by atoms with E-state index in [0.717, 1.165) is 44.2 Å². The number of hydrogen-bond donors (Lipinski definition) is 1. The number of nitrogens with zero attached hydrogens (tertiary/aromatic N) is 1. The molecule has 2 rings (SSSR count). The maximum atomic E-state index is 12.4. The maximum absolute atomic E-state index is 12.4. The van der Waals surface area contributed by atoms with Gasteiger partial charge in [-0.3, -0.25) is 4.79 Å². The molecule has 0 spiro atoms. The smallest absolute Gasteiger partial charge is 0.299 e. The number of benzene rings is 1. The Balaban J connectivity index is 2.04. The van der Waals surface area contributed by atoms with Crippen LogP contribution in [0.1, 0.15) is 44.6 Å². The second-order valence-corrected chi connectivity index (χ2v) is 5.68. The van der Waals surface area contributed by atoms with E-state index in [4.69, 9.17) is 5.73 Å². The third kappa shape index (κ3) is 4.61. The van der Waals surface area contributed by atoms with E-state index in [1.165, 1.54) is 0 Å². The highest BCUT2D eigenvalue weighted by Crippen LogP contribution is 2.22. The van der Waals surface area contributed by atoms with Crippen LogP contribution in [-0.2, 0) is 4.79 Å². The number of nitrogens with two attached hydrogens (primary N) is 1. The monoisotopic (exact) mass is 284 g/mol. The molecule has 0 aromatic heterocycles. The molecule has 3 nitrogen and oxygen atoms in total. The summed E-state index contributed by atoms with van der Waals surface area (Å²) in [6.07, 6.45) is 4.97. The molecule has 0 saturated heterocycles. The molecular weight excluding hydrogens is 260 g/mol. The molecule has 0 atom stereocenters. The largest absolute Gasteiger partial charge is 0.329 e. The normalized spacial score (nSPS) is 21.2. The Hall–Kier alpha value is -1.79. The number of carbonyl (C=O) groups excluding carboxylic acids is 1. The van der Waals surface area contributed by atoms with Gasteiger partial charge in [-0.05, 0) is 44.2 Å². The second-order valence-electron chi connectivity index (χ2n) is 5.68. The zero-order valence-corrected chi connectivity index (χ0v) is 12.7. The molecule has 1 aliphatic rings. The fourth-order valence-corrected chi connectivity index (χ4v) is 2.82. The fourth-order valence-electron chi connectivity index (χ4n) is 2.82. The highest BCUT2D eigenvalue weighted by molar-refractivity contribution is 5.94. The molecule has 0 radical (unpaired) electrons. The quantitative estimate of drug-likeness (QED) is 0.867. The number of amides is 1. The van der Waals surface area contributed by atoms with Gasteiger partial charge in [-0.1, -0.05) is 31.0 Å². The van der Waals surface area contributed by atoms with Crippen molar-refractivity contribution in [2.24, 2.45) is 5.73 Å². The summed E-state index contributed by atoms with van der Waals surface area (Å²) < 4.78 is 0. The van der Waals surface area contributed by atoms with Crippen LogP contribution in [-0.4, -0.2) is 29.4 Å². The van der Waals surface area contributed by atoms with Gasteiger partial charge in [-0.15, -0.1) is 0 Å². The molecule has 0 bridgehead atoms. The van der Waals surface area contributed by atoms with Gasteiger partial charge >= 0.3 is 0 Å². The number of rotatable bonds is 3. The molecule has 1 saturated carbocycles. The average Bonchev–Trinajstić information content (AvgIpc) is 2.52. The summed E-state index contributed by atoms with van der Waals surface area (Å²) in [5.74, 6) is 5.71. The molecule has 112 valence electrons. The summed E-state index contributed by atoms with van der Waals surface area (Å²) in [6.45, 7) is 2.88. The first-order chi connectivity index (χ1) is 10.2. The van der Waals surface area contributed by atoms with Gasteiger partial charge in [-0.2, -0.15) is 0 Å². The van der Waals surface area contributed by atoms with Crippen molar-refractivity contribution in [2.45, 2.75) is 51.1 Å². The number of hydrogen-bond acceptors (Lipinski definition) is 2. The first-order valence-corrected chi connectivity index (χ1v) is 7.84. The molecular formula is C18H24N2O. The average molecular weight is 284 g/mol. The maximum Gasteiger partial charge on any atom is 0.299 e. The summed E-state index contributed by atoms with van der Waals surface area (Å²) in [6, 6.07) is 10.3. The minimum absolute atomic E-state index is 0.0545. The summed E-state index contributed by atoms with van der Waals surface area (Å²) >= 11 is 0. The fraction of sp³-hybridized carbons (Fsp3) is 0.500. The molecule has 0 heterocycles. The van der Waals surface area contributed by atoms with Gasteiger partial charge in [-0.25, -0.2) is 0 Å². The lowest BCUT2D eigenvalue weighted by Crippen LogP contribution is -2.44. The van der Waals surface area contributed by atoms with Crippen molar-refractivity contribution in [2.75, 3.05) is 6.54 Å². The van der Waals surface area contributed by atoms with Crippen LogP contribution in [0, 0.1) is 11.8 Å². The van der Waals surface area contributed by atoms with E-state index in [1.807, 2.05) is 35.2 Å². The van der Waals surface area contributed by atoms with Crippen LogP contribution >= 0.6 is 0 Å². The molecule has 1 amide bonds. The first kappa shape index (κ1) is 15.6. The minimum atomic E-state index is -0.0545. The lowest BCUT2D eigenvalue weighted by atomic mass is 9.90. The highest BCUT2D eigenvalue weighted by atomic mass is 16.2. The van der Waals surface area contributed by atoms with Crippen LogP contribution < -0.4 is 5.73 Å². The Morgan fingerprint density at radius 1 is 1.24 bits per heavy atom. The van der Waals surface area contributed by atoms with E-state index < -0.39 is 0 Å². The van der Waals surface area contributed by atoms with E-state index in [0.29, 0.717) is 12.1 Å². The van der Waals surface area contributed by atoms with Crippen molar-refractivity contribution in [3.8, 4) is 11.8 Å². The van der Waals surface area contributed by atoms with Gasteiger partial charge < -0.3 is 10.6 Å². The summed E-state index contributed by atoms with van der Waals surface area (Å²) in [4.78, 5) is 14.4. The topological polar surface area (TPSA) is 46.3 Å². The molecule has 1 fully saturated rings. The van der Waals surface area contributed by atoms with Crippen LogP contribution in [0.3, 0.4) is 0 Å². The lowest BCUT2D eigenvalue weighted by Gasteiger charge is -2.34. The molecule has 1 aliphatic carbocycles. The van der Waals surface area contributed by atoms with E-state index in [1.54, 1.807) is 0 Å². The summed E-state index contributed by atoms with van der Waals surface area (Å²) in [5, 5.41) is 0. The zero-order chi connectivity index (χ0) is 15.1. The summed E-state index contributed by atoms with van der Waals surface area (Å²) in [5.41, 5.74) is 6.83. The lowest BCUT2D eigenvalue weighted by molar-refractivity contribution is -0.128. The Bertz CT molecular complexity index is 507. The minimum Gasteiger partial charge on any atom is -0.329 e. The Kier molecular flexibility index (Phi) is 5.83. The van der Waals surface area contributed by atoms with Gasteiger partial charge in [0.15, 0.2) is 0 Å². The van der Waals surface area contributed by atoms with Crippen LogP contribution in [0.5, 0.6) is 0 Å². The molecule has 1 aromatic carbocycles. The molecule has 0 aliphatic heterocycles. The van der Waals surface area contributed by atoms with Crippen LogP contribution in [0.4, 0.5) is 0 Å². The van der Waals surface area contributed by atoms with Gasteiger partial charge in [0.05, 0.1) is 0 Å². The van der Waals surface area contributed by atoms with Crippen molar-refractivity contribution in [3.05, 3.63) is 35.9 Å². The SMILES string of the molecule is CCCN(C(=O)C#Cc1ccccc1)C1CCC(N)CC1. The zero-order valence-electron chi connectivity index (χ0n) is 12.7. The van der Waals surface area contributed by atoms with Crippen molar-refractivity contribution < 1.29 is 4.79 Å². The van der Waals surface area contributed by atoms with E-state index in [2.05, 4.69) is 18.8 Å². The third-order valence-corrected chi connectivity index (χ3v) is 4.00. The Morgan fingerprint density at radius 2 is 1.90 bits per heavy atom. The number of carbonyl (C=O) groups is 1. The first-order valence-electron chi connectivity index (χ1n) is 7.84. The van der Waals surface area contributed by atoms with Gasteiger partial charge in [0.25, 0.3) is 5.91 Å². The van der Waals surface area contributed by atoms with Crippen molar-refractivity contribution in [3.63, 3.8) is 0 Å². The van der Waals surface area contributed by atoms with Gasteiger partial charge in [0, 0.05) is 30.1 Å². The molecule has 1 aromatic rings. The molecule has 2 N–H and O–H groups in total. The third-order valence-electron chi connectivity index (χ3n) is 4.00. The highest BCUT2D eigenvalue weighted by Gasteiger charge is 2.26. The molecule has 21 heavy (non-hydrogen) atoms. The van der Waals surface area contributed by atoms with E-state index >= 15 is 0 Å². The van der Waals surface area contributed by atoms with Crippen LogP contribution in [0.2, 0.25) is 0 Å². The molecule has 3 heteroatoms. The Labute approximate surface area is 127 Å². The van der Waals surface area contributed by atoms with Crippen LogP contribution in [0.25, 0.3) is 0 Å². The van der Waals surface area contributed by atoms with Crippen molar-refractivity contribution >= 4 is 5.91 Å². The predicted molar refractivity (Wildman–Crippen MR) is 85.6 cm³/mol. The van der Waals surface area contributed by atoms with Crippen LogP contribution in [0.15, 0.2) is 30.3 Å². The van der Waals surface area contributed by atoms with E-state index in [-0.39, 0.29) is 5.91 Å². The second kappa shape index (κ2) is 7.85. The van der Waals surface area contributed by atoms with Crippen molar-refractivity contribution in [1.29, 1.82) is 0 Å². The van der Waals surface area contributed by atoms with E-state index in [9.17, 15) is 4.79 Å². The predicted octanol–water partition coefficient (Wildman–Crippen LogP) is 2.55. The standard InChI is InChI=1S/C18H24N2O/c1-2-14-20(17-11-9-16(19)10-12-17)18(21)13-8-15-6-4-3-5-7-15/h3-7,16-17H,2,9-12,14,19H2,1H3. The van der Waals surface area contributed by atoms with Gasteiger partial charge in [0.1, 0.15) is 0 Å².